The van der Waals surface area contributed by atoms with Gasteiger partial charge in [-0.2, -0.15) is 9.78 Å². The summed E-state index contributed by atoms with van der Waals surface area (Å²) >= 11 is 0. The maximum absolute atomic E-state index is 12.4. The molecule has 2 heterocycles. The van der Waals surface area contributed by atoms with Gasteiger partial charge >= 0.3 is 6.03 Å². The molecule has 4 rings (SSSR count). The molecular weight excluding hydrogens is 356 g/mol. The summed E-state index contributed by atoms with van der Waals surface area (Å²) in [5, 5.41) is 9.98. The minimum Gasteiger partial charge on any atom is -0.334 e. The molecule has 0 unspecified atom stereocenters. The number of aromatic amines is 1. The highest BCUT2D eigenvalue weighted by molar-refractivity contribution is 5.88. The van der Waals surface area contributed by atoms with Crippen LogP contribution in [-0.4, -0.2) is 25.8 Å². The summed E-state index contributed by atoms with van der Waals surface area (Å²) in [5.41, 5.74) is 3.15. The van der Waals surface area contributed by atoms with Gasteiger partial charge in [0.25, 0.3) is 5.56 Å². The van der Waals surface area contributed by atoms with Crippen molar-refractivity contribution >= 4 is 11.8 Å². The number of nitrogens with one attached hydrogen (secondary N) is 3. The van der Waals surface area contributed by atoms with Gasteiger partial charge in [0.05, 0.1) is 11.4 Å². The normalized spacial score (nSPS) is 13.0. The first kappa shape index (κ1) is 18.0. The zero-order chi connectivity index (χ0) is 19.5. The van der Waals surface area contributed by atoms with Gasteiger partial charge in [0, 0.05) is 18.2 Å². The topological polar surface area (TPSA) is 105 Å². The Bertz CT molecular complexity index is 1050. The number of benzene rings is 1. The van der Waals surface area contributed by atoms with Gasteiger partial charge in [0.1, 0.15) is 5.82 Å². The zero-order valence-electron chi connectivity index (χ0n) is 15.7. The molecule has 0 radical (unpaired) electrons. The minimum absolute atomic E-state index is 0.132. The average molecular weight is 378 g/mol. The van der Waals surface area contributed by atoms with Crippen LogP contribution in [0.1, 0.15) is 35.4 Å². The highest BCUT2D eigenvalue weighted by Crippen LogP contribution is 2.19. The highest BCUT2D eigenvalue weighted by Gasteiger charge is 2.18. The van der Waals surface area contributed by atoms with E-state index in [0.29, 0.717) is 24.0 Å². The van der Waals surface area contributed by atoms with E-state index in [2.05, 4.69) is 25.7 Å². The lowest BCUT2D eigenvalue weighted by Gasteiger charge is -2.15. The lowest BCUT2D eigenvalue weighted by atomic mass is 9.97. The van der Waals surface area contributed by atoms with Gasteiger partial charge in [0.2, 0.25) is 5.95 Å². The van der Waals surface area contributed by atoms with Crippen LogP contribution >= 0.6 is 0 Å². The molecule has 144 valence electrons. The minimum atomic E-state index is -0.356. The van der Waals surface area contributed by atoms with E-state index in [4.69, 9.17) is 0 Å². The number of nitrogens with zero attached hydrogens (tertiary/aromatic N) is 3. The Kier molecular flexibility index (Phi) is 4.92. The summed E-state index contributed by atoms with van der Waals surface area (Å²) in [6.07, 6.45) is 3.57. The lowest BCUT2D eigenvalue weighted by molar-refractivity contribution is 0.251. The highest BCUT2D eigenvalue weighted by atomic mass is 16.2. The number of urea groups is 1. The average Bonchev–Trinajstić information content (AvgIpc) is 3.07. The van der Waals surface area contributed by atoms with E-state index >= 15 is 0 Å². The van der Waals surface area contributed by atoms with Crippen LogP contribution in [0.5, 0.6) is 0 Å². The molecule has 3 N–H and O–H groups in total. The van der Waals surface area contributed by atoms with Crippen LogP contribution in [0, 0.1) is 6.92 Å². The molecule has 2 aromatic heterocycles. The standard InChI is InChI=1S/C20H22N6O2/c1-13-11-17(23-20(28)21-12-14-7-3-2-4-8-14)26(25-13)19-22-16-10-6-5-9-15(16)18(27)24-19/h2-4,7-8,11H,5-6,9-10,12H2,1H3,(H2,21,23,28)(H,22,24,27). The second kappa shape index (κ2) is 7.67. The molecule has 0 saturated carbocycles. The number of aryl methyl sites for hydroxylation is 2. The molecule has 0 aliphatic heterocycles. The van der Waals surface area contributed by atoms with Gasteiger partial charge in [-0.15, -0.1) is 0 Å². The summed E-state index contributed by atoms with van der Waals surface area (Å²) in [6.45, 7) is 2.23. The number of carbonyl (C=O) groups excluding carboxylic acids is 1. The Hall–Kier alpha value is -3.42. The second-order valence-electron chi connectivity index (χ2n) is 6.90. The van der Waals surface area contributed by atoms with Gasteiger partial charge in [-0.25, -0.2) is 9.78 Å². The van der Waals surface area contributed by atoms with Crippen LogP contribution in [-0.2, 0) is 19.4 Å². The van der Waals surface area contributed by atoms with Gasteiger partial charge < -0.3 is 5.32 Å². The summed E-state index contributed by atoms with van der Waals surface area (Å²) in [5.74, 6) is 0.763. The van der Waals surface area contributed by atoms with E-state index in [0.717, 1.165) is 42.5 Å². The number of rotatable bonds is 4. The summed E-state index contributed by atoms with van der Waals surface area (Å²) in [7, 11) is 0. The maximum atomic E-state index is 12.4. The first-order valence-electron chi connectivity index (χ1n) is 9.38. The molecule has 2 amide bonds. The van der Waals surface area contributed by atoms with E-state index in [1.54, 1.807) is 6.07 Å². The molecule has 0 saturated heterocycles. The van der Waals surface area contributed by atoms with Crippen molar-refractivity contribution in [2.45, 2.75) is 39.2 Å². The van der Waals surface area contributed by atoms with Crippen molar-refractivity contribution in [2.24, 2.45) is 0 Å². The Balaban J connectivity index is 1.55. The third kappa shape index (κ3) is 3.80. The first-order chi connectivity index (χ1) is 13.6. The van der Waals surface area contributed by atoms with Gasteiger partial charge in [-0.1, -0.05) is 30.3 Å². The van der Waals surface area contributed by atoms with Crippen molar-refractivity contribution < 1.29 is 4.79 Å². The van der Waals surface area contributed by atoms with Gasteiger partial charge in [0.15, 0.2) is 0 Å². The third-order valence-corrected chi connectivity index (χ3v) is 4.75. The molecule has 1 aliphatic rings. The molecule has 0 fully saturated rings. The van der Waals surface area contributed by atoms with E-state index in [-0.39, 0.29) is 11.6 Å². The van der Waals surface area contributed by atoms with Crippen molar-refractivity contribution in [2.75, 3.05) is 5.32 Å². The number of H-pyrrole nitrogens is 1. The first-order valence-corrected chi connectivity index (χ1v) is 9.38. The van der Waals surface area contributed by atoms with E-state index in [9.17, 15) is 9.59 Å². The molecule has 8 nitrogen and oxygen atoms in total. The number of amides is 2. The molecule has 3 aromatic rings. The number of carbonyl (C=O) groups is 1. The Labute approximate surface area is 162 Å². The fourth-order valence-electron chi connectivity index (χ4n) is 3.38. The quantitative estimate of drug-likeness (QED) is 0.648. The largest absolute Gasteiger partial charge is 0.334 e. The molecule has 0 spiro atoms. The Morgan fingerprint density at radius 2 is 2.00 bits per heavy atom. The van der Waals surface area contributed by atoms with Crippen LogP contribution in [0.25, 0.3) is 5.95 Å². The van der Waals surface area contributed by atoms with E-state index < -0.39 is 0 Å². The summed E-state index contributed by atoms with van der Waals surface area (Å²) in [6, 6.07) is 11.0. The molecule has 0 atom stereocenters. The number of hydrogen-bond acceptors (Lipinski definition) is 4. The van der Waals surface area contributed by atoms with Crippen molar-refractivity contribution in [1.29, 1.82) is 0 Å². The molecule has 8 heteroatoms. The molecule has 28 heavy (non-hydrogen) atoms. The lowest BCUT2D eigenvalue weighted by Crippen LogP contribution is -2.30. The number of fused-ring (bicyclic) bond motifs is 1. The molecule has 0 bridgehead atoms. The summed E-state index contributed by atoms with van der Waals surface area (Å²) in [4.78, 5) is 32.1. The van der Waals surface area contributed by atoms with Crippen LogP contribution < -0.4 is 16.2 Å². The predicted molar refractivity (Wildman–Crippen MR) is 106 cm³/mol. The van der Waals surface area contributed by atoms with Crippen LogP contribution in [0.4, 0.5) is 10.6 Å². The number of aromatic nitrogens is 4. The SMILES string of the molecule is Cc1cc(NC(=O)NCc2ccccc2)n(-c2nc3c(c(=O)[nH]2)CCCC3)n1. The summed E-state index contributed by atoms with van der Waals surface area (Å²) < 4.78 is 1.47. The maximum Gasteiger partial charge on any atom is 0.320 e. The van der Waals surface area contributed by atoms with Crippen molar-refractivity contribution in [3.05, 3.63) is 69.3 Å². The predicted octanol–water partition coefficient (Wildman–Crippen LogP) is 2.46. The Morgan fingerprint density at radius 1 is 1.21 bits per heavy atom. The van der Waals surface area contributed by atoms with E-state index in [1.165, 1.54) is 4.68 Å². The van der Waals surface area contributed by atoms with Crippen LogP contribution in [0.2, 0.25) is 0 Å². The van der Waals surface area contributed by atoms with E-state index in [1.807, 2.05) is 37.3 Å². The molecule has 1 aliphatic carbocycles. The number of anilines is 1. The monoisotopic (exact) mass is 378 g/mol. The smallest absolute Gasteiger partial charge is 0.320 e. The van der Waals surface area contributed by atoms with Crippen molar-refractivity contribution in [1.82, 2.24) is 25.1 Å². The zero-order valence-corrected chi connectivity index (χ0v) is 15.7. The molecular formula is C20H22N6O2. The van der Waals surface area contributed by atoms with Gasteiger partial charge in [-0.05, 0) is 38.2 Å². The molecule has 1 aromatic carbocycles. The fourth-order valence-corrected chi connectivity index (χ4v) is 3.38. The Morgan fingerprint density at radius 3 is 2.82 bits per heavy atom. The van der Waals surface area contributed by atoms with Crippen molar-refractivity contribution in [3.8, 4) is 5.95 Å². The second-order valence-corrected chi connectivity index (χ2v) is 6.90. The third-order valence-electron chi connectivity index (χ3n) is 4.75. The fraction of sp³-hybridized carbons (Fsp3) is 0.300. The van der Waals surface area contributed by atoms with Crippen molar-refractivity contribution in [3.63, 3.8) is 0 Å². The van der Waals surface area contributed by atoms with Crippen LogP contribution in [0.15, 0.2) is 41.2 Å². The van der Waals surface area contributed by atoms with Crippen LogP contribution in [0.3, 0.4) is 0 Å². The van der Waals surface area contributed by atoms with Gasteiger partial charge in [-0.3, -0.25) is 15.1 Å². The number of hydrogen-bond donors (Lipinski definition) is 3.